The Bertz CT molecular complexity index is 395. The molecule has 0 N–H and O–H groups in total. The van der Waals surface area contributed by atoms with Crippen LogP contribution >= 0.6 is 11.8 Å². The minimum atomic E-state index is 0.233. The number of benzene rings is 1. The van der Waals surface area contributed by atoms with Crippen LogP contribution in [0.15, 0.2) is 29.2 Å². The standard InChI is InChI=1S/C15H21NOS/c1-16(13-5-3-4-6-13)11-15(17)12-7-9-14(18-2)10-8-12/h7-10,13H,3-6,11H2,1-2H3. The van der Waals surface area contributed by atoms with E-state index in [1.807, 2.05) is 30.5 Å². The van der Waals surface area contributed by atoms with Crippen molar-refractivity contribution in [3.8, 4) is 0 Å². The van der Waals surface area contributed by atoms with Gasteiger partial charge in [-0.1, -0.05) is 25.0 Å². The van der Waals surface area contributed by atoms with E-state index >= 15 is 0 Å². The number of hydrogen-bond acceptors (Lipinski definition) is 3. The van der Waals surface area contributed by atoms with Crippen molar-refractivity contribution in [3.05, 3.63) is 29.8 Å². The summed E-state index contributed by atoms with van der Waals surface area (Å²) in [5, 5.41) is 0. The van der Waals surface area contributed by atoms with Gasteiger partial charge in [-0.3, -0.25) is 9.69 Å². The first-order valence-electron chi connectivity index (χ1n) is 6.58. The van der Waals surface area contributed by atoms with E-state index in [2.05, 4.69) is 11.9 Å². The number of nitrogens with zero attached hydrogens (tertiary/aromatic N) is 1. The molecule has 1 aromatic carbocycles. The first-order chi connectivity index (χ1) is 8.70. The maximum absolute atomic E-state index is 12.2. The predicted octanol–water partition coefficient (Wildman–Crippen LogP) is 3.47. The number of carbonyl (C=O) groups is 1. The maximum atomic E-state index is 12.2. The number of likely N-dealkylation sites (N-methyl/N-ethyl adjacent to an activating group) is 1. The minimum Gasteiger partial charge on any atom is -0.296 e. The van der Waals surface area contributed by atoms with E-state index in [0.717, 1.165) is 5.56 Å². The van der Waals surface area contributed by atoms with E-state index < -0.39 is 0 Å². The topological polar surface area (TPSA) is 20.3 Å². The van der Waals surface area contributed by atoms with E-state index in [0.29, 0.717) is 12.6 Å². The number of thioether (sulfide) groups is 1. The van der Waals surface area contributed by atoms with Crippen molar-refractivity contribution < 1.29 is 4.79 Å². The van der Waals surface area contributed by atoms with Crippen molar-refractivity contribution in [3.63, 3.8) is 0 Å². The van der Waals surface area contributed by atoms with Crippen LogP contribution < -0.4 is 0 Å². The summed E-state index contributed by atoms with van der Waals surface area (Å²) in [5.41, 5.74) is 0.831. The van der Waals surface area contributed by atoms with E-state index in [-0.39, 0.29) is 5.78 Å². The third-order valence-corrected chi connectivity index (χ3v) is 4.50. The van der Waals surface area contributed by atoms with Crippen LogP contribution in [0.1, 0.15) is 36.0 Å². The molecule has 1 aliphatic rings. The van der Waals surface area contributed by atoms with Crippen LogP contribution in [-0.2, 0) is 0 Å². The molecule has 1 aromatic rings. The Hall–Kier alpha value is -0.800. The molecule has 0 amide bonds. The minimum absolute atomic E-state index is 0.233. The zero-order valence-corrected chi connectivity index (χ0v) is 12.0. The summed E-state index contributed by atoms with van der Waals surface area (Å²) < 4.78 is 0. The van der Waals surface area contributed by atoms with Gasteiger partial charge in [0.15, 0.2) is 5.78 Å². The molecule has 1 aliphatic carbocycles. The molecule has 0 spiro atoms. The van der Waals surface area contributed by atoms with Crippen LogP contribution in [0, 0.1) is 0 Å². The Morgan fingerprint density at radius 3 is 2.44 bits per heavy atom. The monoisotopic (exact) mass is 263 g/mol. The van der Waals surface area contributed by atoms with Gasteiger partial charge >= 0.3 is 0 Å². The summed E-state index contributed by atoms with van der Waals surface area (Å²) in [7, 11) is 2.07. The molecule has 1 saturated carbocycles. The maximum Gasteiger partial charge on any atom is 0.176 e. The van der Waals surface area contributed by atoms with Crippen molar-refractivity contribution >= 4 is 17.5 Å². The quantitative estimate of drug-likeness (QED) is 0.599. The third kappa shape index (κ3) is 3.36. The number of rotatable bonds is 5. The molecule has 0 radical (unpaired) electrons. The summed E-state index contributed by atoms with van der Waals surface area (Å²) >= 11 is 1.70. The lowest BCUT2D eigenvalue weighted by Gasteiger charge is -2.23. The van der Waals surface area contributed by atoms with Gasteiger partial charge in [-0.25, -0.2) is 0 Å². The molecule has 0 atom stereocenters. The average molecular weight is 263 g/mol. The van der Waals surface area contributed by atoms with Crippen LogP contribution in [0.4, 0.5) is 0 Å². The summed E-state index contributed by atoms with van der Waals surface area (Å²) in [6, 6.07) is 8.54. The molecular weight excluding hydrogens is 242 g/mol. The molecule has 0 bridgehead atoms. The molecule has 0 aliphatic heterocycles. The average Bonchev–Trinajstić information content (AvgIpc) is 2.92. The fourth-order valence-electron chi connectivity index (χ4n) is 2.57. The van der Waals surface area contributed by atoms with Crippen LogP contribution in [0.25, 0.3) is 0 Å². The number of ketones is 1. The fraction of sp³-hybridized carbons (Fsp3) is 0.533. The van der Waals surface area contributed by atoms with Gasteiger partial charge in [0.05, 0.1) is 6.54 Å². The van der Waals surface area contributed by atoms with Crippen molar-refractivity contribution in [1.82, 2.24) is 4.90 Å². The smallest absolute Gasteiger partial charge is 0.176 e. The highest BCUT2D eigenvalue weighted by atomic mass is 32.2. The second-order valence-electron chi connectivity index (χ2n) is 5.01. The van der Waals surface area contributed by atoms with E-state index in [4.69, 9.17) is 0 Å². The van der Waals surface area contributed by atoms with Crippen molar-refractivity contribution in [2.45, 2.75) is 36.6 Å². The van der Waals surface area contributed by atoms with Crippen molar-refractivity contribution in [1.29, 1.82) is 0 Å². The van der Waals surface area contributed by atoms with Gasteiger partial charge < -0.3 is 0 Å². The Morgan fingerprint density at radius 2 is 1.89 bits per heavy atom. The van der Waals surface area contributed by atoms with E-state index in [9.17, 15) is 4.79 Å². The largest absolute Gasteiger partial charge is 0.296 e. The molecular formula is C15H21NOS. The predicted molar refractivity (Wildman–Crippen MR) is 77.4 cm³/mol. The number of hydrogen-bond donors (Lipinski definition) is 0. The summed E-state index contributed by atoms with van der Waals surface area (Å²) in [5.74, 6) is 0.233. The Labute approximate surface area is 114 Å². The molecule has 3 heteroatoms. The molecule has 0 heterocycles. The van der Waals surface area contributed by atoms with Gasteiger partial charge in [0.25, 0.3) is 0 Å². The van der Waals surface area contributed by atoms with E-state index in [1.54, 1.807) is 11.8 Å². The molecule has 0 unspecified atom stereocenters. The van der Waals surface area contributed by atoms with Gasteiger partial charge in [-0.15, -0.1) is 11.8 Å². The normalized spacial score (nSPS) is 16.4. The van der Waals surface area contributed by atoms with Gasteiger partial charge in [-0.2, -0.15) is 0 Å². The van der Waals surface area contributed by atoms with Crippen LogP contribution in [0.5, 0.6) is 0 Å². The zero-order valence-electron chi connectivity index (χ0n) is 11.2. The summed E-state index contributed by atoms with van der Waals surface area (Å²) in [4.78, 5) is 15.6. The molecule has 98 valence electrons. The van der Waals surface area contributed by atoms with Gasteiger partial charge in [0.2, 0.25) is 0 Å². The lowest BCUT2D eigenvalue weighted by Crippen LogP contribution is -2.34. The molecule has 0 saturated heterocycles. The Balaban J connectivity index is 1.93. The number of carbonyl (C=O) groups excluding carboxylic acids is 1. The van der Waals surface area contributed by atoms with Crippen LogP contribution in [-0.4, -0.2) is 36.6 Å². The Morgan fingerprint density at radius 1 is 1.28 bits per heavy atom. The zero-order chi connectivity index (χ0) is 13.0. The second-order valence-corrected chi connectivity index (χ2v) is 5.88. The molecule has 1 fully saturated rings. The summed E-state index contributed by atoms with van der Waals surface area (Å²) in [6.45, 7) is 0.545. The van der Waals surface area contributed by atoms with Gasteiger partial charge in [-0.05, 0) is 38.3 Å². The van der Waals surface area contributed by atoms with Gasteiger partial charge in [0, 0.05) is 16.5 Å². The highest BCUT2D eigenvalue weighted by molar-refractivity contribution is 7.98. The lowest BCUT2D eigenvalue weighted by molar-refractivity contribution is 0.0921. The lowest BCUT2D eigenvalue weighted by atomic mass is 10.1. The molecule has 0 aromatic heterocycles. The molecule has 2 rings (SSSR count). The Kier molecular flexibility index (Phi) is 4.84. The SMILES string of the molecule is CSc1ccc(C(=O)CN(C)C2CCCC2)cc1. The van der Waals surface area contributed by atoms with Crippen LogP contribution in [0.3, 0.4) is 0 Å². The molecule has 18 heavy (non-hydrogen) atoms. The first kappa shape index (κ1) is 13.6. The summed E-state index contributed by atoms with van der Waals surface area (Å²) in [6.07, 6.45) is 7.16. The fourth-order valence-corrected chi connectivity index (χ4v) is 2.98. The van der Waals surface area contributed by atoms with Gasteiger partial charge in [0.1, 0.15) is 0 Å². The van der Waals surface area contributed by atoms with Crippen LogP contribution in [0.2, 0.25) is 0 Å². The highest BCUT2D eigenvalue weighted by Gasteiger charge is 2.21. The molecule has 2 nitrogen and oxygen atoms in total. The first-order valence-corrected chi connectivity index (χ1v) is 7.80. The van der Waals surface area contributed by atoms with Crippen molar-refractivity contribution in [2.75, 3.05) is 19.8 Å². The second kappa shape index (κ2) is 6.39. The number of Topliss-reactive ketones (excluding diaryl/α,β-unsaturated/α-hetero) is 1. The van der Waals surface area contributed by atoms with E-state index in [1.165, 1.54) is 30.6 Å². The highest BCUT2D eigenvalue weighted by Crippen LogP contribution is 2.22. The third-order valence-electron chi connectivity index (χ3n) is 3.75. The van der Waals surface area contributed by atoms with Crippen molar-refractivity contribution in [2.24, 2.45) is 0 Å².